The van der Waals surface area contributed by atoms with E-state index in [4.69, 9.17) is 9.84 Å². The fourth-order valence-corrected chi connectivity index (χ4v) is 4.80. The number of thiazole rings is 1. The van der Waals surface area contributed by atoms with E-state index in [0.29, 0.717) is 42.3 Å². The van der Waals surface area contributed by atoms with Crippen molar-refractivity contribution >= 4 is 35.2 Å². The van der Waals surface area contributed by atoms with E-state index >= 15 is 0 Å². The van der Waals surface area contributed by atoms with Crippen LogP contribution in [0.2, 0.25) is 0 Å². The number of thioether (sulfide) groups is 1. The average molecular weight is 447 g/mol. The van der Waals surface area contributed by atoms with E-state index < -0.39 is 17.7 Å². The topological polar surface area (TPSA) is 100.0 Å². The number of carboxylic acids is 1. The fraction of sp³-hybridized carbons (Fsp3) is 0.632. The zero-order valence-electron chi connectivity index (χ0n) is 16.5. The highest BCUT2D eigenvalue weighted by Crippen LogP contribution is 2.26. The number of cyclic esters (lactones) is 1. The van der Waals surface area contributed by atoms with Gasteiger partial charge >= 0.3 is 12.1 Å². The van der Waals surface area contributed by atoms with E-state index in [9.17, 15) is 19.1 Å². The SMILES string of the molecule is CC1OC(=O)N(CCSc2nc(C(=O)O)cs2)C1C=CCC(C)(O)CCCCF. The van der Waals surface area contributed by atoms with Crippen LogP contribution in [0.25, 0.3) is 0 Å². The number of unbranched alkanes of at least 4 members (excludes halogenated alkanes) is 1. The van der Waals surface area contributed by atoms with E-state index in [2.05, 4.69) is 4.98 Å². The standard InChI is InChI=1S/C19H27FN2O5S2/c1-13-15(6-5-8-19(2,26)7-3-4-9-20)22(18(25)27-13)10-11-28-17-21-14(12-29-17)16(23)24/h5-6,12-13,15,26H,3-4,7-11H2,1-2H3,(H,23,24). The van der Waals surface area contributed by atoms with Gasteiger partial charge in [-0.1, -0.05) is 23.9 Å². The van der Waals surface area contributed by atoms with Crippen molar-refractivity contribution in [1.82, 2.24) is 9.88 Å². The Labute approximate surface area is 178 Å². The molecule has 0 aromatic carbocycles. The van der Waals surface area contributed by atoms with Gasteiger partial charge in [-0.3, -0.25) is 9.29 Å². The smallest absolute Gasteiger partial charge is 0.410 e. The maximum absolute atomic E-state index is 12.2. The molecule has 0 spiro atoms. The Kier molecular flexibility index (Phi) is 8.91. The molecule has 1 aromatic rings. The summed E-state index contributed by atoms with van der Waals surface area (Å²) in [6.07, 6.45) is 5.02. The second-order valence-electron chi connectivity index (χ2n) is 7.20. The number of halogens is 1. The van der Waals surface area contributed by atoms with Crippen LogP contribution in [0.5, 0.6) is 0 Å². The molecule has 1 aliphatic rings. The molecule has 0 saturated carbocycles. The summed E-state index contributed by atoms with van der Waals surface area (Å²) in [5, 5.41) is 20.8. The van der Waals surface area contributed by atoms with Crippen molar-refractivity contribution in [2.24, 2.45) is 0 Å². The van der Waals surface area contributed by atoms with E-state index in [0.717, 1.165) is 0 Å². The molecule has 29 heavy (non-hydrogen) atoms. The number of nitrogens with zero attached hydrogens (tertiary/aromatic N) is 2. The number of aromatic nitrogens is 1. The molecular formula is C19H27FN2O5S2. The van der Waals surface area contributed by atoms with Gasteiger partial charge < -0.3 is 14.9 Å². The van der Waals surface area contributed by atoms with E-state index in [1.807, 2.05) is 19.1 Å². The van der Waals surface area contributed by atoms with Crippen molar-refractivity contribution in [3.63, 3.8) is 0 Å². The Hall–Kier alpha value is -1.65. The van der Waals surface area contributed by atoms with Gasteiger partial charge in [-0.15, -0.1) is 11.3 Å². The van der Waals surface area contributed by atoms with Crippen molar-refractivity contribution in [2.75, 3.05) is 19.0 Å². The molecule has 0 radical (unpaired) electrons. The van der Waals surface area contributed by atoms with Crippen LogP contribution in [0, 0.1) is 0 Å². The van der Waals surface area contributed by atoms with Crippen molar-refractivity contribution in [3.8, 4) is 0 Å². The van der Waals surface area contributed by atoms with Crippen LogP contribution in [-0.4, -0.2) is 68.9 Å². The first-order valence-corrected chi connectivity index (χ1v) is 11.3. The van der Waals surface area contributed by atoms with Crippen LogP contribution in [-0.2, 0) is 4.74 Å². The van der Waals surface area contributed by atoms with Crippen LogP contribution in [0.15, 0.2) is 21.9 Å². The van der Waals surface area contributed by atoms with Gasteiger partial charge in [0.05, 0.1) is 18.3 Å². The number of aliphatic hydroxyl groups is 1. The maximum atomic E-state index is 12.2. The van der Waals surface area contributed by atoms with Crippen molar-refractivity contribution in [1.29, 1.82) is 0 Å². The summed E-state index contributed by atoms with van der Waals surface area (Å²) in [5.74, 6) is -0.504. The predicted octanol–water partition coefficient (Wildman–Crippen LogP) is 3.98. The number of carbonyl (C=O) groups excluding carboxylic acids is 1. The number of aromatic carboxylic acids is 1. The quantitative estimate of drug-likeness (QED) is 0.285. The number of alkyl halides is 1. The zero-order chi connectivity index (χ0) is 21.4. The molecule has 2 N–H and O–H groups in total. The second kappa shape index (κ2) is 10.9. The first-order chi connectivity index (χ1) is 13.7. The Balaban J connectivity index is 1.87. The lowest BCUT2D eigenvalue weighted by atomic mass is 9.94. The van der Waals surface area contributed by atoms with Crippen LogP contribution < -0.4 is 0 Å². The fourth-order valence-electron chi connectivity index (χ4n) is 2.99. The van der Waals surface area contributed by atoms with Gasteiger partial charge in [0.1, 0.15) is 6.10 Å². The zero-order valence-corrected chi connectivity index (χ0v) is 18.2. The van der Waals surface area contributed by atoms with Gasteiger partial charge in [0.25, 0.3) is 0 Å². The summed E-state index contributed by atoms with van der Waals surface area (Å²) < 4.78 is 18.2. The lowest BCUT2D eigenvalue weighted by molar-refractivity contribution is 0.0507. The highest BCUT2D eigenvalue weighted by molar-refractivity contribution is 8.01. The molecule has 3 atom stereocenters. The van der Waals surface area contributed by atoms with Gasteiger partial charge in [-0.25, -0.2) is 14.6 Å². The van der Waals surface area contributed by atoms with Gasteiger partial charge in [0, 0.05) is 17.7 Å². The molecule has 1 aromatic heterocycles. The summed E-state index contributed by atoms with van der Waals surface area (Å²) in [6.45, 7) is 3.59. The minimum absolute atomic E-state index is 0.0195. The molecule has 1 amide bonds. The molecular weight excluding hydrogens is 419 g/mol. The first-order valence-electron chi connectivity index (χ1n) is 9.47. The molecule has 162 valence electrons. The Morgan fingerprint density at radius 1 is 1.52 bits per heavy atom. The summed E-state index contributed by atoms with van der Waals surface area (Å²) >= 11 is 2.65. The number of hydrogen-bond donors (Lipinski definition) is 2. The molecule has 0 aliphatic carbocycles. The van der Waals surface area contributed by atoms with E-state index in [-0.39, 0.29) is 24.5 Å². The minimum Gasteiger partial charge on any atom is -0.476 e. The second-order valence-corrected chi connectivity index (χ2v) is 9.40. The van der Waals surface area contributed by atoms with Crippen molar-refractivity contribution in [2.45, 2.75) is 61.6 Å². The molecule has 7 nitrogen and oxygen atoms in total. The van der Waals surface area contributed by atoms with Gasteiger partial charge in [-0.05, 0) is 39.5 Å². The van der Waals surface area contributed by atoms with Crippen molar-refractivity contribution < 1.29 is 28.9 Å². The van der Waals surface area contributed by atoms with Crippen LogP contribution >= 0.6 is 23.1 Å². The highest BCUT2D eigenvalue weighted by atomic mass is 32.2. The monoisotopic (exact) mass is 446 g/mol. The molecule has 1 fully saturated rings. The van der Waals surface area contributed by atoms with Crippen LogP contribution in [0.4, 0.5) is 9.18 Å². The maximum Gasteiger partial charge on any atom is 0.410 e. The number of carbonyl (C=O) groups is 2. The number of rotatable bonds is 12. The summed E-state index contributed by atoms with van der Waals surface area (Å²) in [5.41, 5.74) is -0.891. The number of carboxylic acid groups (broad SMARTS) is 1. The first kappa shape index (κ1) is 23.6. The molecule has 10 heteroatoms. The number of ether oxygens (including phenoxy) is 1. The molecule has 2 rings (SSSR count). The number of amides is 1. The third-order valence-electron chi connectivity index (χ3n) is 4.61. The van der Waals surface area contributed by atoms with Gasteiger partial charge in [-0.2, -0.15) is 0 Å². The molecule has 1 saturated heterocycles. The normalized spacial score (nSPS) is 21.5. The lowest BCUT2D eigenvalue weighted by Crippen LogP contribution is -2.36. The van der Waals surface area contributed by atoms with Gasteiger partial charge in [0.15, 0.2) is 10.0 Å². The number of hydrogen-bond acceptors (Lipinski definition) is 7. The highest BCUT2D eigenvalue weighted by Gasteiger charge is 2.37. The molecule has 3 unspecified atom stereocenters. The minimum atomic E-state index is -1.06. The third kappa shape index (κ3) is 7.27. The van der Waals surface area contributed by atoms with Crippen LogP contribution in [0.3, 0.4) is 0 Å². The Morgan fingerprint density at radius 3 is 2.93 bits per heavy atom. The Morgan fingerprint density at radius 2 is 2.28 bits per heavy atom. The molecule has 0 bridgehead atoms. The van der Waals surface area contributed by atoms with Gasteiger partial charge in [0.2, 0.25) is 0 Å². The summed E-state index contributed by atoms with van der Waals surface area (Å²) in [7, 11) is 0. The molecule has 2 heterocycles. The van der Waals surface area contributed by atoms with Crippen molar-refractivity contribution in [3.05, 3.63) is 23.2 Å². The lowest BCUT2D eigenvalue weighted by Gasteiger charge is -2.23. The average Bonchev–Trinajstić information content (AvgIpc) is 3.21. The summed E-state index contributed by atoms with van der Waals surface area (Å²) in [6, 6.07) is -0.240. The van der Waals surface area contributed by atoms with E-state index in [1.54, 1.807) is 11.8 Å². The van der Waals surface area contributed by atoms with E-state index in [1.165, 1.54) is 28.5 Å². The largest absolute Gasteiger partial charge is 0.476 e. The molecule has 1 aliphatic heterocycles. The predicted molar refractivity (Wildman–Crippen MR) is 110 cm³/mol. The summed E-state index contributed by atoms with van der Waals surface area (Å²) in [4.78, 5) is 28.7. The van der Waals surface area contributed by atoms with Crippen LogP contribution in [0.1, 0.15) is 50.0 Å². The Bertz CT molecular complexity index is 725. The third-order valence-corrected chi connectivity index (χ3v) is 6.61.